The molecule has 1 aliphatic rings. The van der Waals surface area contributed by atoms with Gasteiger partial charge in [-0.3, -0.25) is 5.43 Å². The predicted molar refractivity (Wildman–Crippen MR) is 100 cm³/mol. The Morgan fingerprint density at radius 2 is 2.12 bits per heavy atom. The van der Waals surface area contributed by atoms with Crippen LogP contribution < -0.4 is 15.1 Å². The molecule has 1 aromatic carbocycles. The largest absolute Gasteiger partial charge is 0.504 e. The summed E-state index contributed by atoms with van der Waals surface area (Å²) in [7, 11) is 0. The number of nitrogens with one attached hydrogen (secondary N) is 1. The molecular formula is C18H23N5O3. The molecule has 0 atom stereocenters. The SMILES string of the molecule is CCOc1cc(/C=N\Nc2cc(C)nc(N3CCOCC3)n2)ccc1O. The molecule has 0 saturated carbocycles. The smallest absolute Gasteiger partial charge is 0.227 e. The maximum atomic E-state index is 9.74. The average Bonchev–Trinajstić information content (AvgIpc) is 2.65. The van der Waals surface area contributed by atoms with Gasteiger partial charge in [-0.25, -0.2) is 4.98 Å². The van der Waals surface area contributed by atoms with Gasteiger partial charge in [0, 0.05) is 24.8 Å². The Labute approximate surface area is 152 Å². The van der Waals surface area contributed by atoms with Gasteiger partial charge in [-0.15, -0.1) is 0 Å². The molecule has 8 heteroatoms. The van der Waals surface area contributed by atoms with Crippen molar-refractivity contribution < 1.29 is 14.6 Å². The Balaban J connectivity index is 1.70. The van der Waals surface area contributed by atoms with Crippen molar-refractivity contribution in [2.45, 2.75) is 13.8 Å². The van der Waals surface area contributed by atoms with Crippen LogP contribution in [0.5, 0.6) is 11.5 Å². The molecule has 2 N–H and O–H groups in total. The predicted octanol–water partition coefficient (Wildman–Crippen LogP) is 2.17. The third kappa shape index (κ3) is 4.60. The summed E-state index contributed by atoms with van der Waals surface area (Å²) in [5.41, 5.74) is 4.60. The Hall–Kier alpha value is -2.87. The van der Waals surface area contributed by atoms with Gasteiger partial charge in [-0.2, -0.15) is 10.1 Å². The Kier molecular flexibility index (Phi) is 5.85. The van der Waals surface area contributed by atoms with Crippen LogP contribution in [0.1, 0.15) is 18.2 Å². The summed E-state index contributed by atoms with van der Waals surface area (Å²) in [5.74, 6) is 1.84. The van der Waals surface area contributed by atoms with Crippen LogP contribution in [0.25, 0.3) is 0 Å². The van der Waals surface area contributed by atoms with E-state index < -0.39 is 0 Å². The first-order valence-corrected chi connectivity index (χ1v) is 8.59. The van der Waals surface area contributed by atoms with E-state index in [4.69, 9.17) is 9.47 Å². The number of ether oxygens (including phenoxy) is 2. The van der Waals surface area contributed by atoms with Crippen molar-refractivity contribution >= 4 is 18.0 Å². The molecule has 0 spiro atoms. The van der Waals surface area contributed by atoms with Gasteiger partial charge >= 0.3 is 0 Å². The second-order valence-electron chi connectivity index (χ2n) is 5.82. The van der Waals surface area contributed by atoms with Gasteiger partial charge in [0.2, 0.25) is 5.95 Å². The van der Waals surface area contributed by atoms with E-state index >= 15 is 0 Å². The number of phenols is 1. The number of nitrogens with zero attached hydrogens (tertiary/aromatic N) is 4. The third-order valence-electron chi connectivity index (χ3n) is 3.81. The monoisotopic (exact) mass is 357 g/mol. The fourth-order valence-electron chi connectivity index (χ4n) is 2.57. The molecule has 0 bridgehead atoms. The molecule has 1 aromatic heterocycles. The lowest BCUT2D eigenvalue weighted by molar-refractivity contribution is 0.122. The molecule has 0 aliphatic carbocycles. The molecule has 0 radical (unpaired) electrons. The zero-order valence-corrected chi connectivity index (χ0v) is 15.0. The number of rotatable bonds is 6. The maximum Gasteiger partial charge on any atom is 0.227 e. The molecule has 2 heterocycles. The van der Waals surface area contributed by atoms with E-state index in [9.17, 15) is 5.11 Å². The van der Waals surface area contributed by atoms with Gasteiger partial charge in [0.1, 0.15) is 0 Å². The molecule has 8 nitrogen and oxygen atoms in total. The molecule has 0 unspecified atom stereocenters. The number of hydrogen-bond acceptors (Lipinski definition) is 8. The second kappa shape index (κ2) is 8.48. The van der Waals surface area contributed by atoms with Crippen LogP contribution in [0.15, 0.2) is 29.4 Å². The Bertz CT molecular complexity index is 775. The Morgan fingerprint density at radius 3 is 2.88 bits per heavy atom. The third-order valence-corrected chi connectivity index (χ3v) is 3.81. The van der Waals surface area contributed by atoms with E-state index in [-0.39, 0.29) is 5.75 Å². The van der Waals surface area contributed by atoms with Crippen molar-refractivity contribution in [3.63, 3.8) is 0 Å². The van der Waals surface area contributed by atoms with Crippen molar-refractivity contribution in [3.05, 3.63) is 35.5 Å². The number of aromatic hydroxyl groups is 1. The fourth-order valence-corrected chi connectivity index (χ4v) is 2.57. The van der Waals surface area contributed by atoms with Gasteiger partial charge in [0.25, 0.3) is 0 Å². The summed E-state index contributed by atoms with van der Waals surface area (Å²) in [6.07, 6.45) is 1.65. The van der Waals surface area contributed by atoms with Gasteiger partial charge < -0.3 is 19.5 Å². The molecule has 138 valence electrons. The summed E-state index contributed by atoms with van der Waals surface area (Å²) >= 11 is 0. The van der Waals surface area contributed by atoms with Crippen molar-refractivity contribution in [2.75, 3.05) is 43.2 Å². The number of hydrazone groups is 1. The highest BCUT2D eigenvalue weighted by Crippen LogP contribution is 2.26. The van der Waals surface area contributed by atoms with Crippen molar-refractivity contribution in [2.24, 2.45) is 5.10 Å². The van der Waals surface area contributed by atoms with Crippen LogP contribution in [-0.2, 0) is 4.74 Å². The zero-order chi connectivity index (χ0) is 18.4. The molecule has 1 aliphatic heterocycles. The van der Waals surface area contributed by atoms with Crippen LogP contribution in [0.3, 0.4) is 0 Å². The van der Waals surface area contributed by atoms with Gasteiger partial charge in [-0.05, 0) is 37.6 Å². The van der Waals surface area contributed by atoms with Crippen molar-refractivity contribution in [3.8, 4) is 11.5 Å². The lowest BCUT2D eigenvalue weighted by atomic mass is 10.2. The summed E-state index contributed by atoms with van der Waals surface area (Å²) in [4.78, 5) is 11.1. The highest BCUT2D eigenvalue weighted by molar-refractivity contribution is 5.81. The summed E-state index contributed by atoms with van der Waals surface area (Å²) in [6, 6.07) is 6.91. The van der Waals surface area contributed by atoms with Crippen LogP contribution >= 0.6 is 0 Å². The summed E-state index contributed by atoms with van der Waals surface area (Å²) in [6.45, 7) is 7.19. The number of benzene rings is 1. The van der Waals surface area contributed by atoms with E-state index in [0.29, 0.717) is 37.3 Å². The molecular weight excluding hydrogens is 334 g/mol. The topological polar surface area (TPSA) is 92.1 Å². The lowest BCUT2D eigenvalue weighted by Gasteiger charge is -2.27. The highest BCUT2D eigenvalue weighted by atomic mass is 16.5. The normalized spacial score (nSPS) is 14.6. The number of aryl methyl sites for hydroxylation is 1. The van der Waals surface area contributed by atoms with Gasteiger partial charge in [0.05, 0.1) is 26.0 Å². The average molecular weight is 357 g/mol. The molecule has 26 heavy (non-hydrogen) atoms. The van der Waals surface area contributed by atoms with Gasteiger partial charge in [0.15, 0.2) is 17.3 Å². The maximum absolute atomic E-state index is 9.74. The van der Waals surface area contributed by atoms with Crippen LogP contribution in [-0.4, -0.2) is 54.2 Å². The molecule has 0 amide bonds. The van der Waals surface area contributed by atoms with E-state index in [1.54, 1.807) is 24.4 Å². The second-order valence-corrected chi connectivity index (χ2v) is 5.82. The summed E-state index contributed by atoms with van der Waals surface area (Å²) in [5, 5.41) is 14.0. The molecule has 2 aromatic rings. The van der Waals surface area contributed by atoms with E-state index in [1.807, 2.05) is 19.9 Å². The fraction of sp³-hybridized carbons (Fsp3) is 0.389. The number of phenolic OH excluding ortho intramolecular Hbond substituents is 1. The standard InChI is InChI=1S/C18H23N5O3/c1-3-26-16-11-14(4-5-15(16)24)12-19-22-17-10-13(2)20-18(21-17)23-6-8-25-9-7-23/h4-5,10-12,24H,3,6-9H2,1-2H3,(H,20,21,22)/b19-12-. The minimum absolute atomic E-state index is 0.110. The molecule has 1 fully saturated rings. The highest BCUT2D eigenvalue weighted by Gasteiger charge is 2.14. The van der Waals surface area contributed by atoms with Crippen LogP contribution in [0, 0.1) is 6.92 Å². The molecule has 3 rings (SSSR count). The van der Waals surface area contributed by atoms with E-state index in [1.165, 1.54) is 0 Å². The summed E-state index contributed by atoms with van der Waals surface area (Å²) < 4.78 is 10.7. The van der Waals surface area contributed by atoms with Crippen molar-refractivity contribution in [1.82, 2.24) is 9.97 Å². The molecule has 1 saturated heterocycles. The number of anilines is 2. The lowest BCUT2D eigenvalue weighted by Crippen LogP contribution is -2.37. The first kappa shape index (κ1) is 17.9. The zero-order valence-electron chi connectivity index (χ0n) is 15.0. The van der Waals surface area contributed by atoms with Crippen LogP contribution in [0.4, 0.5) is 11.8 Å². The number of morpholine rings is 1. The van der Waals surface area contributed by atoms with Crippen molar-refractivity contribution in [1.29, 1.82) is 0 Å². The van der Waals surface area contributed by atoms with E-state index in [0.717, 1.165) is 24.3 Å². The van der Waals surface area contributed by atoms with Gasteiger partial charge in [-0.1, -0.05) is 0 Å². The number of aromatic nitrogens is 2. The van der Waals surface area contributed by atoms with Crippen LogP contribution in [0.2, 0.25) is 0 Å². The Morgan fingerprint density at radius 1 is 1.31 bits per heavy atom. The van der Waals surface area contributed by atoms with E-state index in [2.05, 4.69) is 25.4 Å². The minimum atomic E-state index is 0.110. The first-order valence-electron chi connectivity index (χ1n) is 8.59. The minimum Gasteiger partial charge on any atom is -0.504 e. The quantitative estimate of drug-likeness (QED) is 0.605. The number of hydrogen-bond donors (Lipinski definition) is 2. The first-order chi connectivity index (χ1) is 12.7.